The number of ether oxygens (including phenoxy) is 3. The number of nitrogens with zero attached hydrogens (tertiary/aromatic N) is 4. The maximum Gasteiger partial charge on any atom is 0.355 e. The van der Waals surface area contributed by atoms with E-state index in [-0.39, 0.29) is 22.7 Å². The van der Waals surface area contributed by atoms with E-state index in [4.69, 9.17) is 14.2 Å². The Balaban J connectivity index is 1.90. The van der Waals surface area contributed by atoms with Crippen molar-refractivity contribution >= 4 is 11.7 Å². The number of hydrogen-bond acceptors (Lipinski definition) is 8. The lowest BCUT2D eigenvalue weighted by atomic mass is 10.2. The fraction of sp³-hybridized carbons (Fsp3) is 0.227. The first-order valence-corrected chi connectivity index (χ1v) is 10.2. The Morgan fingerprint density at radius 1 is 1.25 bits per heavy atom. The summed E-state index contributed by atoms with van der Waals surface area (Å²) >= 11 is 0. The normalized spacial score (nSPS) is 11.7. The molecular weight excluding hydrogens is 489 g/mol. The molecule has 0 radical (unpaired) electrons. The SMILES string of the molecule is C=CCOC(=O)C(C)Oc1ccc(Oc2cc(-n3nc(C)n(C(F)F)c3=O)c(F)cc2[N+](=O)[O-])cc1. The van der Waals surface area contributed by atoms with Gasteiger partial charge in [0.15, 0.2) is 11.9 Å². The van der Waals surface area contributed by atoms with Gasteiger partial charge in [-0.2, -0.15) is 13.5 Å². The van der Waals surface area contributed by atoms with E-state index in [1.54, 1.807) is 0 Å². The highest BCUT2D eigenvalue weighted by molar-refractivity contribution is 5.74. The minimum absolute atomic E-state index is 0.0197. The Hall–Kier alpha value is -4.62. The zero-order valence-corrected chi connectivity index (χ0v) is 18.9. The number of halogens is 3. The van der Waals surface area contributed by atoms with Crippen LogP contribution in [0.15, 0.2) is 53.8 Å². The van der Waals surface area contributed by atoms with Gasteiger partial charge in [0.2, 0.25) is 5.75 Å². The number of nitro benzene ring substituents is 1. The number of aromatic nitrogens is 3. The van der Waals surface area contributed by atoms with Crippen molar-refractivity contribution in [2.45, 2.75) is 26.5 Å². The van der Waals surface area contributed by atoms with Crippen LogP contribution in [0.1, 0.15) is 19.3 Å². The average molecular weight is 508 g/mol. The standard InChI is InChI=1S/C22H19F3N4O7/c1-4-9-34-20(30)12(2)35-14-5-7-15(8-6-14)36-19-11-17(16(23)10-18(19)29(32)33)28-22(31)27(21(24)25)13(3)26-28/h4-8,10-12,21H,1,9H2,2-3H3. The summed E-state index contributed by atoms with van der Waals surface area (Å²) in [6.45, 7) is 2.82. The molecule has 1 unspecified atom stereocenters. The van der Waals surface area contributed by atoms with Crippen molar-refractivity contribution in [2.24, 2.45) is 0 Å². The summed E-state index contributed by atoms with van der Waals surface area (Å²) in [5, 5.41) is 15.1. The summed E-state index contributed by atoms with van der Waals surface area (Å²) in [4.78, 5) is 34.6. The number of esters is 1. The summed E-state index contributed by atoms with van der Waals surface area (Å²) < 4.78 is 57.1. The molecule has 0 aliphatic rings. The second kappa shape index (κ2) is 10.8. The van der Waals surface area contributed by atoms with Crippen LogP contribution < -0.4 is 15.2 Å². The molecule has 1 aromatic heterocycles. The molecular formula is C22H19F3N4O7. The van der Waals surface area contributed by atoms with Crippen molar-refractivity contribution in [3.05, 3.63) is 81.3 Å². The molecule has 0 saturated carbocycles. The molecule has 0 N–H and O–H groups in total. The van der Waals surface area contributed by atoms with Crippen LogP contribution in [0.4, 0.5) is 18.9 Å². The molecule has 0 amide bonds. The van der Waals surface area contributed by atoms with E-state index in [0.717, 1.165) is 13.0 Å². The lowest BCUT2D eigenvalue weighted by Crippen LogP contribution is -2.26. The molecule has 190 valence electrons. The van der Waals surface area contributed by atoms with Crippen molar-refractivity contribution in [1.82, 2.24) is 14.3 Å². The number of aryl methyl sites for hydroxylation is 1. The maximum absolute atomic E-state index is 14.6. The average Bonchev–Trinajstić information content (AvgIpc) is 3.12. The van der Waals surface area contributed by atoms with Gasteiger partial charge in [-0.25, -0.2) is 18.5 Å². The topological polar surface area (TPSA) is 128 Å². The Labute approximate surface area is 201 Å². The van der Waals surface area contributed by atoms with Crippen LogP contribution in [0.3, 0.4) is 0 Å². The van der Waals surface area contributed by atoms with Gasteiger partial charge in [-0.1, -0.05) is 12.7 Å². The highest BCUT2D eigenvalue weighted by atomic mass is 19.3. The number of carbonyl (C=O) groups excluding carboxylic acids is 1. The lowest BCUT2D eigenvalue weighted by Gasteiger charge is -2.14. The first-order valence-electron chi connectivity index (χ1n) is 10.2. The van der Waals surface area contributed by atoms with E-state index >= 15 is 0 Å². The van der Waals surface area contributed by atoms with E-state index in [2.05, 4.69) is 11.7 Å². The first kappa shape index (κ1) is 26.0. The second-order valence-electron chi connectivity index (χ2n) is 7.17. The van der Waals surface area contributed by atoms with Gasteiger partial charge in [0.1, 0.15) is 29.6 Å². The fourth-order valence-corrected chi connectivity index (χ4v) is 3.00. The molecule has 11 nitrogen and oxygen atoms in total. The predicted molar refractivity (Wildman–Crippen MR) is 118 cm³/mol. The number of alkyl halides is 2. The highest BCUT2D eigenvalue weighted by Crippen LogP contribution is 2.35. The van der Waals surface area contributed by atoms with Crippen LogP contribution in [0.25, 0.3) is 5.69 Å². The van der Waals surface area contributed by atoms with Crippen LogP contribution in [-0.4, -0.2) is 38.0 Å². The number of carbonyl (C=O) groups is 1. The van der Waals surface area contributed by atoms with Crippen LogP contribution in [-0.2, 0) is 9.53 Å². The minimum atomic E-state index is -3.23. The quantitative estimate of drug-likeness (QED) is 0.174. The molecule has 0 aliphatic heterocycles. The number of rotatable bonds is 10. The van der Waals surface area contributed by atoms with Gasteiger partial charge in [0.25, 0.3) is 0 Å². The summed E-state index contributed by atoms with van der Waals surface area (Å²) in [7, 11) is 0. The van der Waals surface area contributed by atoms with Crippen molar-refractivity contribution in [3.8, 4) is 22.9 Å². The molecule has 0 spiro atoms. The van der Waals surface area contributed by atoms with E-state index in [9.17, 15) is 32.9 Å². The third-order valence-corrected chi connectivity index (χ3v) is 4.67. The zero-order valence-electron chi connectivity index (χ0n) is 18.9. The molecule has 0 fully saturated rings. The minimum Gasteiger partial charge on any atom is -0.479 e. The summed E-state index contributed by atoms with van der Waals surface area (Å²) in [5.41, 5.74) is -2.76. The Bertz CT molecular complexity index is 1350. The molecule has 14 heteroatoms. The smallest absolute Gasteiger partial charge is 0.355 e. The monoisotopic (exact) mass is 508 g/mol. The molecule has 36 heavy (non-hydrogen) atoms. The third-order valence-electron chi connectivity index (χ3n) is 4.67. The number of hydrogen-bond donors (Lipinski definition) is 0. The molecule has 0 aliphatic carbocycles. The van der Waals surface area contributed by atoms with Crippen LogP contribution >= 0.6 is 0 Å². The number of nitro groups is 1. The van der Waals surface area contributed by atoms with Gasteiger partial charge in [0, 0.05) is 6.07 Å². The van der Waals surface area contributed by atoms with Crippen LogP contribution in [0.5, 0.6) is 17.2 Å². The van der Waals surface area contributed by atoms with Crippen LogP contribution in [0, 0.1) is 22.9 Å². The maximum atomic E-state index is 14.6. The van der Waals surface area contributed by atoms with E-state index in [1.165, 1.54) is 37.3 Å². The molecule has 1 heterocycles. The summed E-state index contributed by atoms with van der Waals surface area (Å²) in [6, 6.07) is 6.81. The van der Waals surface area contributed by atoms with Crippen molar-refractivity contribution < 1.29 is 37.1 Å². The van der Waals surface area contributed by atoms with Gasteiger partial charge in [0.05, 0.1) is 11.0 Å². The summed E-state index contributed by atoms with van der Waals surface area (Å²) in [5.74, 6) is -2.46. The van der Waals surface area contributed by atoms with Gasteiger partial charge in [-0.05, 0) is 38.1 Å². The second-order valence-corrected chi connectivity index (χ2v) is 7.17. The molecule has 2 aromatic carbocycles. The van der Waals surface area contributed by atoms with E-state index < -0.39 is 58.0 Å². The predicted octanol–water partition coefficient (Wildman–Crippen LogP) is 4.07. The third kappa shape index (κ3) is 5.54. The van der Waals surface area contributed by atoms with Gasteiger partial charge < -0.3 is 14.2 Å². The Kier molecular flexibility index (Phi) is 7.77. The van der Waals surface area contributed by atoms with Gasteiger partial charge in [-0.3, -0.25) is 10.1 Å². The Morgan fingerprint density at radius 3 is 2.44 bits per heavy atom. The van der Waals surface area contributed by atoms with Crippen molar-refractivity contribution in [2.75, 3.05) is 6.61 Å². The molecule has 1 atom stereocenters. The van der Waals surface area contributed by atoms with Crippen LogP contribution in [0.2, 0.25) is 0 Å². The molecule has 3 rings (SSSR count). The van der Waals surface area contributed by atoms with Gasteiger partial charge >= 0.3 is 23.9 Å². The van der Waals surface area contributed by atoms with Crippen molar-refractivity contribution in [3.63, 3.8) is 0 Å². The fourth-order valence-electron chi connectivity index (χ4n) is 3.00. The summed E-state index contributed by atoms with van der Waals surface area (Å²) in [6.07, 6.45) is 0.464. The molecule has 3 aromatic rings. The molecule has 0 bridgehead atoms. The Morgan fingerprint density at radius 2 is 1.89 bits per heavy atom. The zero-order chi connectivity index (χ0) is 26.6. The first-order chi connectivity index (χ1) is 17.0. The van der Waals surface area contributed by atoms with Crippen molar-refractivity contribution in [1.29, 1.82) is 0 Å². The van der Waals surface area contributed by atoms with E-state index in [1.807, 2.05) is 0 Å². The number of benzene rings is 2. The van der Waals surface area contributed by atoms with E-state index in [0.29, 0.717) is 10.7 Å². The highest BCUT2D eigenvalue weighted by Gasteiger charge is 2.25. The molecule has 0 saturated heterocycles. The lowest BCUT2D eigenvalue weighted by molar-refractivity contribution is -0.385. The largest absolute Gasteiger partial charge is 0.479 e. The van der Waals surface area contributed by atoms with Gasteiger partial charge in [-0.15, -0.1) is 5.10 Å².